The SMILES string of the molecule is CN1C(=O)C[C@H](C(=O)O)C12CCN(Cc1ccc(C(F)(F)F)cc1)CC2. The highest BCUT2D eigenvalue weighted by Crippen LogP contribution is 2.43. The molecule has 3 rings (SSSR count). The van der Waals surface area contributed by atoms with E-state index in [0.29, 0.717) is 32.5 Å². The van der Waals surface area contributed by atoms with Crippen molar-refractivity contribution in [1.29, 1.82) is 0 Å². The molecule has 1 spiro atoms. The smallest absolute Gasteiger partial charge is 0.416 e. The molecular weight excluding hydrogens is 349 g/mol. The number of carboxylic acids is 1. The molecule has 2 aliphatic heterocycles. The Hall–Kier alpha value is -2.09. The van der Waals surface area contributed by atoms with E-state index in [1.165, 1.54) is 12.1 Å². The van der Waals surface area contributed by atoms with Gasteiger partial charge in [0.05, 0.1) is 17.0 Å². The Morgan fingerprint density at radius 1 is 1.23 bits per heavy atom. The van der Waals surface area contributed by atoms with Crippen molar-refractivity contribution in [3.8, 4) is 0 Å². The van der Waals surface area contributed by atoms with E-state index in [1.54, 1.807) is 11.9 Å². The minimum atomic E-state index is -4.35. The molecule has 1 aromatic rings. The lowest BCUT2D eigenvalue weighted by molar-refractivity contribution is -0.146. The summed E-state index contributed by atoms with van der Waals surface area (Å²) in [7, 11) is 1.66. The fourth-order valence-electron chi connectivity index (χ4n) is 4.14. The van der Waals surface area contributed by atoms with Crippen molar-refractivity contribution in [1.82, 2.24) is 9.80 Å². The number of piperidine rings is 1. The average molecular weight is 370 g/mol. The zero-order valence-corrected chi connectivity index (χ0v) is 14.4. The third-order valence-electron chi connectivity index (χ3n) is 5.78. The van der Waals surface area contributed by atoms with Gasteiger partial charge in [0.25, 0.3) is 0 Å². The largest absolute Gasteiger partial charge is 0.481 e. The molecule has 0 aromatic heterocycles. The van der Waals surface area contributed by atoms with E-state index < -0.39 is 29.2 Å². The summed E-state index contributed by atoms with van der Waals surface area (Å²) < 4.78 is 37.9. The van der Waals surface area contributed by atoms with Crippen LogP contribution in [0.2, 0.25) is 0 Å². The first-order valence-corrected chi connectivity index (χ1v) is 8.51. The highest BCUT2D eigenvalue weighted by atomic mass is 19.4. The molecule has 0 unspecified atom stereocenters. The summed E-state index contributed by atoms with van der Waals surface area (Å²) in [6, 6.07) is 5.09. The molecule has 2 fully saturated rings. The number of carboxylic acid groups (broad SMARTS) is 1. The van der Waals surface area contributed by atoms with Gasteiger partial charge < -0.3 is 10.0 Å². The molecule has 142 valence electrons. The first-order chi connectivity index (χ1) is 12.1. The lowest BCUT2D eigenvalue weighted by atomic mass is 9.77. The van der Waals surface area contributed by atoms with E-state index >= 15 is 0 Å². The standard InChI is InChI=1S/C18H21F3N2O3/c1-22-15(24)10-14(16(25)26)17(22)6-8-23(9-7-17)11-12-2-4-13(5-3-12)18(19,20)21/h2-5,14H,6-11H2,1H3,(H,25,26)/t14-/m1/s1. The van der Waals surface area contributed by atoms with Gasteiger partial charge in [-0.3, -0.25) is 14.5 Å². The first-order valence-electron chi connectivity index (χ1n) is 8.51. The Balaban J connectivity index is 1.65. The maximum Gasteiger partial charge on any atom is 0.416 e. The summed E-state index contributed by atoms with van der Waals surface area (Å²) >= 11 is 0. The van der Waals surface area contributed by atoms with Gasteiger partial charge in [-0.15, -0.1) is 0 Å². The fraction of sp³-hybridized carbons (Fsp3) is 0.556. The third-order valence-corrected chi connectivity index (χ3v) is 5.78. The summed E-state index contributed by atoms with van der Waals surface area (Å²) in [5, 5.41) is 9.47. The van der Waals surface area contributed by atoms with Gasteiger partial charge in [-0.05, 0) is 30.5 Å². The van der Waals surface area contributed by atoms with Gasteiger partial charge in [0, 0.05) is 33.1 Å². The summed E-state index contributed by atoms with van der Waals surface area (Å²) in [5.41, 5.74) is -0.548. The van der Waals surface area contributed by atoms with Crippen molar-refractivity contribution < 1.29 is 27.9 Å². The van der Waals surface area contributed by atoms with Crippen LogP contribution in [-0.4, -0.2) is 52.5 Å². The Bertz CT molecular complexity index is 695. The summed E-state index contributed by atoms with van der Waals surface area (Å²) in [6.07, 6.45) is -3.22. The molecule has 1 N–H and O–H groups in total. The van der Waals surface area contributed by atoms with E-state index in [9.17, 15) is 27.9 Å². The van der Waals surface area contributed by atoms with Crippen LogP contribution in [0.4, 0.5) is 13.2 Å². The average Bonchev–Trinajstić information content (AvgIpc) is 2.82. The number of carbonyl (C=O) groups excluding carboxylic acids is 1. The van der Waals surface area contributed by atoms with Crippen LogP contribution in [0.3, 0.4) is 0 Å². The van der Waals surface area contributed by atoms with Gasteiger partial charge in [0.15, 0.2) is 0 Å². The van der Waals surface area contributed by atoms with Crippen molar-refractivity contribution in [2.75, 3.05) is 20.1 Å². The lowest BCUT2D eigenvalue weighted by Gasteiger charge is -2.45. The zero-order valence-electron chi connectivity index (χ0n) is 14.4. The highest BCUT2D eigenvalue weighted by Gasteiger charge is 2.55. The first kappa shape index (κ1) is 18.7. The number of alkyl halides is 3. The van der Waals surface area contributed by atoms with Crippen molar-refractivity contribution in [3.05, 3.63) is 35.4 Å². The van der Waals surface area contributed by atoms with Gasteiger partial charge >= 0.3 is 12.1 Å². The molecule has 2 aliphatic rings. The molecule has 0 aliphatic carbocycles. The second-order valence-electron chi connectivity index (χ2n) is 7.12. The number of aliphatic carboxylic acids is 1. The van der Waals surface area contributed by atoms with Gasteiger partial charge in [-0.2, -0.15) is 13.2 Å². The minimum absolute atomic E-state index is 0.0325. The summed E-state index contributed by atoms with van der Waals surface area (Å²) in [4.78, 5) is 27.2. The fourth-order valence-corrected chi connectivity index (χ4v) is 4.14. The Morgan fingerprint density at radius 2 is 1.81 bits per heavy atom. The monoisotopic (exact) mass is 370 g/mol. The molecular formula is C18H21F3N2O3. The second-order valence-corrected chi connectivity index (χ2v) is 7.12. The number of amides is 1. The van der Waals surface area contributed by atoms with Crippen molar-refractivity contribution >= 4 is 11.9 Å². The van der Waals surface area contributed by atoms with Crippen molar-refractivity contribution in [2.24, 2.45) is 5.92 Å². The number of nitrogens with zero attached hydrogens (tertiary/aromatic N) is 2. The van der Waals surface area contributed by atoms with E-state index in [0.717, 1.165) is 17.7 Å². The number of hydrogen-bond acceptors (Lipinski definition) is 3. The number of carbonyl (C=O) groups is 2. The molecule has 1 atom stereocenters. The highest BCUT2D eigenvalue weighted by molar-refractivity contribution is 5.88. The number of benzene rings is 1. The summed E-state index contributed by atoms with van der Waals surface area (Å²) in [6.45, 7) is 1.70. The molecule has 0 bridgehead atoms. The maximum absolute atomic E-state index is 12.6. The third kappa shape index (κ3) is 3.30. The summed E-state index contributed by atoms with van der Waals surface area (Å²) in [5.74, 6) is -1.79. The van der Waals surface area contributed by atoms with Crippen LogP contribution in [0.1, 0.15) is 30.4 Å². The van der Waals surface area contributed by atoms with Crippen LogP contribution in [0, 0.1) is 5.92 Å². The quantitative estimate of drug-likeness (QED) is 0.889. The maximum atomic E-state index is 12.6. The Morgan fingerprint density at radius 3 is 2.31 bits per heavy atom. The number of likely N-dealkylation sites (tertiary alicyclic amines) is 2. The van der Waals surface area contributed by atoms with Gasteiger partial charge in [-0.1, -0.05) is 12.1 Å². The molecule has 1 aromatic carbocycles. The van der Waals surface area contributed by atoms with Crippen LogP contribution in [-0.2, 0) is 22.3 Å². The van der Waals surface area contributed by atoms with Gasteiger partial charge in [0.1, 0.15) is 0 Å². The molecule has 0 radical (unpaired) electrons. The van der Waals surface area contributed by atoms with Crippen LogP contribution in [0.15, 0.2) is 24.3 Å². The topological polar surface area (TPSA) is 60.9 Å². The van der Waals surface area contributed by atoms with Crippen LogP contribution in [0.5, 0.6) is 0 Å². The van der Waals surface area contributed by atoms with E-state index in [4.69, 9.17) is 0 Å². The molecule has 26 heavy (non-hydrogen) atoms. The predicted octanol–water partition coefficient (Wildman–Crippen LogP) is 2.60. The van der Waals surface area contributed by atoms with E-state index in [-0.39, 0.29) is 12.3 Å². The zero-order chi connectivity index (χ0) is 19.1. The van der Waals surface area contributed by atoms with Gasteiger partial charge in [0.2, 0.25) is 5.91 Å². The molecule has 0 saturated carbocycles. The minimum Gasteiger partial charge on any atom is -0.481 e. The number of rotatable bonds is 3. The molecule has 2 saturated heterocycles. The van der Waals surface area contributed by atoms with Crippen LogP contribution >= 0.6 is 0 Å². The van der Waals surface area contributed by atoms with Crippen molar-refractivity contribution in [2.45, 2.75) is 37.5 Å². The number of halogens is 3. The predicted molar refractivity (Wildman–Crippen MR) is 87.2 cm³/mol. The number of hydrogen-bond donors (Lipinski definition) is 1. The van der Waals surface area contributed by atoms with E-state index in [1.807, 2.05) is 0 Å². The molecule has 5 nitrogen and oxygen atoms in total. The van der Waals surface area contributed by atoms with Crippen molar-refractivity contribution in [3.63, 3.8) is 0 Å². The van der Waals surface area contributed by atoms with Gasteiger partial charge in [-0.25, -0.2) is 0 Å². The second kappa shape index (κ2) is 6.57. The molecule has 2 heterocycles. The normalized spacial score (nSPS) is 23.6. The lowest BCUT2D eigenvalue weighted by Crippen LogP contribution is -2.55. The molecule has 1 amide bonds. The van der Waals surface area contributed by atoms with Crippen LogP contribution in [0.25, 0.3) is 0 Å². The van der Waals surface area contributed by atoms with E-state index in [2.05, 4.69) is 4.90 Å². The molecule has 8 heteroatoms. The Kier molecular flexibility index (Phi) is 4.72. The Labute approximate surface area is 149 Å². The van der Waals surface area contributed by atoms with Crippen LogP contribution < -0.4 is 0 Å².